The van der Waals surface area contributed by atoms with Crippen LogP contribution in [0.5, 0.6) is 0 Å². The summed E-state index contributed by atoms with van der Waals surface area (Å²) in [7, 11) is 0. The molecule has 2 amide bonds. The molecule has 1 saturated heterocycles. The molecule has 1 aliphatic heterocycles. The number of amides is 2. The highest BCUT2D eigenvalue weighted by Gasteiger charge is 2.36. The van der Waals surface area contributed by atoms with E-state index < -0.39 is 22.8 Å². The molecule has 3 rings (SSSR count). The Balaban J connectivity index is 1.66. The molecule has 1 aliphatic rings. The molecule has 0 spiro atoms. The van der Waals surface area contributed by atoms with Crippen LogP contribution in [0.15, 0.2) is 39.4 Å². The largest absolute Gasteiger partial charge is 0.467 e. The van der Waals surface area contributed by atoms with Crippen LogP contribution in [0.3, 0.4) is 0 Å². The summed E-state index contributed by atoms with van der Waals surface area (Å²) >= 11 is 0. The maximum atomic E-state index is 12.4. The Hall–Kier alpha value is -3.10. The molecule has 126 valence electrons. The lowest BCUT2D eigenvalue weighted by molar-refractivity contribution is -0.402. The zero-order chi connectivity index (χ0) is 17.1. The quantitative estimate of drug-likeness (QED) is 0.657. The molecule has 0 radical (unpaired) electrons. The lowest BCUT2D eigenvalue weighted by atomic mass is 10.2. The van der Waals surface area contributed by atoms with Crippen molar-refractivity contribution in [2.75, 3.05) is 6.54 Å². The second kappa shape index (κ2) is 6.57. The Kier molecular flexibility index (Phi) is 4.32. The number of nitro groups is 1. The third-order valence-corrected chi connectivity index (χ3v) is 3.82. The van der Waals surface area contributed by atoms with Gasteiger partial charge in [-0.15, -0.1) is 0 Å². The van der Waals surface area contributed by atoms with Crippen LogP contribution in [-0.4, -0.2) is 34.2 Å². The highest BCUT2D eigenvalue weighted by molar-refractivity contribution is 5.96. The number of rotatable bonds is 5. The number of carbonyl (C=O) groups excluding carboxylic acids is 2. The van der Waals surface area contributed by atoms with E-state index in [0.717, 1.165) is 6.07 Å². The normalized spacial score (nSPS) is 17.0. The lowest BCUT2D eigenvalue weighted by Crippen LogP contribution is -2.45. The van der Waals surface area contributed by atoms with Crippen LogP contribution in [0.4, 0.5) is 5.88 Å². The first-order valence-corrected chi connectivity index (χ1v) is 7.41. The van der Waals surface area contributed by atoms with Crippen LogP contribution >= 0.6 is 0 Å². The van der Waals surface area contributed by atoms with Gasteiger partial charge < -0.3 is 19.1 Å². The van der Waals surface area contributed by atoms with Crippen LogP contribution in [0, 0.1) is 10.1 Å². The first-order valence-electron chi connectivity index (χ1n) is 7.41. The molecule has 0 aliphatic carbocycles. The predicted octanol–water partition coefficient (Wildman–Crippen LogP) is 1.70. The first kappa shape index (κ1) is 15.8. The zero-order valence-electron chi connectivity index (χ0n) is 12.6. The fourth-order valence-corrected chi connectivity index (χ4v) is 2.67. The average molecular weight is 333 g/mol. The van der Waals surface area contributed by atoms with Crippen molar-refractivity contribution in [2.45, 2.75) is 25.4 Å². The Morgan fingerprint density at radius 1 is 1.38 bits per heavy atom. The van der Waals surface area contributed by atoms with E-state index in [2.05, 4.69) is 5.32 Å². The molecule has 9 nitrogen and oxygen atoms in total. The summed E-state index contributed by atoms with van der Waals surface area (Å²) in [5.41, 5.74) is 0. The Labute approximate surface area is 136 Å². The van der Waals surface area contributed by atoms with Gasteiger partial charge in [0.15, 0.2) is 5.76 Å². The summed E-state index contributed by atoms with van der Waals surface area (Å²) in [5.74, 6) is -0.860. The van der Waals surface area contributed by atoms with Crippen LogP contribution in [-0.2, 0) is 11.3 Å². The van der Waals surface area contributed by atoms with E-state index in [1.807, 2.05) is 0 Å². The van der Waals surface area contributed by atoms with Gasteiger partial charge in [-0.25, -0.2) is 0 Å². The van der Waals surface area contributed by atoms with Gasteiger partial charge in [-0.05, 0) is 31.0 Å². The highest BCUT2D eigenvalue weighted by atomic mass is 16.6. The fraction of sp³-hybridized carbons (Fsp3) is 0.333. The van der Waals surface area contributed by atoms with Gasteiger partial charge >= 0.3 is 5.88 Å². The molecule has 1 fully saturated rings. The summed E-state index contributed by atoms with van der Waals surface area (Å²) in [6.07, 6.45) is 2.71. The van der Waals surface area contributed by atoms with Gasteiger partial charge in [-0.1, -0.05) is 0 Å². The van der Waals surface area contributed by atoms with E-state index in [0.29, 0.717) is 25.1 Å². The molecule has 2 aromatic heterocycles. The van der Waals surface area contributed by atoms with Crippen molar-refractivity contribution in [1.82, 2.24) is 10.2 Å². The van der Waals surface area contributed by atoms with Gasteiger partial charge in [0.1, 0.15) is 16.7 Å². The SMILES string of the molecule is O=C(NCc1ccco1)[C@H]1CCCN1C(=O)c1ccc([N+](=O)[O-])o1. The first-order chi connectivity index (χ1) is 11.6. The average Bonchev–Trinajstić information content (AvgIpc) is 3.33. The van der Waals surface area contributed by atoms with Crippen molar-refractivity contribution >= 4 is 17.7 Å². The number of nitrogens with one attached hydrogen (secondary N) is 1. The van der Waals surface area contributed by atoms with Gasteiger partial charge in [0.05, 0.1) is 18.9 Å². The van der Waals surface area contributed by atoms with Crippen LogP contribution in [0.2, 0.25) is 0 Å². The molecule has 2 aromatic rings. The summed E-state index contributed by atoms with van der Waals surface area (Å²) in [6.45, 7) is 0.628. The second-order valence-electron chi connectivity index (χ2n) is 5.35. The summed E-state index contributed by atoms with van der Waals surface area (Å²) in [6, 6.07) is 5.19. The number of likely N-dealkylation sites (tertiary alicyclic amines) is 1. The van der Waals surface area contributed by atoms with E-state index in [1.54, 1.807) is 12.1 Å². The highest BCUT2D eigenvalue weighted by Crippen LogP contribution is 2.23. The minimum atomic E-state index is -0.714. The van der Waals surface area contributed by atoms with Crippen molar-refractivity contribution in [3.63, 3.8) is 0 Å². The number of hydrogen-bond donors (Lipinski definition) is 1. The molecule has 0 unspecified atom stereocenters. The monoisotopic (exact) mass is 333 g/mol. The van der Waals surface area contributed by atoms with Gasteiger partial charge in [0.25, 0.3) is 5.91 Å². The predicted molar refractivity (Wildman–Crippen MR) is 80.0 cm³/mol. The van der Waals surface area contributed by atoms with Crippen molar-refractivity contribution in [2.24, 2.45) is 0 Å². The summed E-state index contributed by atoms with van der Waals surface area (Å²) in [4.78, 5) is 36.1. The number of furan rings is 2. The molecule has 3 heterocycles. The minimum Gasteiger partial charge on any atom is -0.467 e. The summed E-state index contributed by atoms with van der Waals surface area (Å²) in [5, 5.41) is 13.4. The maximum Gasteiger partial charge on any atom is 0.433 e. The molecule has 0 bridgehead atoms. The molecule has 1 N–H and O–H groups in total. The van der Waals surface area contributed by atoms with Crippen molar-refractivity contribution < 1.29 is 23.3 Å². The second-order valence-corrected chi connectivity index (χ2v) is 5.35. The van der Waals surface area contributed by atoms with E-state index >= 15 is 0 Å². The molecule has 0 aromatic carbocycles. The third kappa shape index (κ3) is 3.14. The number of nitrogens with zero attached hydrogens (tertiary/aromatic N) is 2. The smallest absolute Gasteiger partial charge is 0.433 e. The van der Waals surface area contributed by atoms with E-state index in [-0.39, 0.29) is 18.2 Å². The van der Waals surface area contributed by atoms with Crippen molar-refractivity contribution in [3.8, 4) is 0 Å². The molecule has 1 atom stereocenters. The topological polar surface area (TPSA) is 119 Å². The summed E-state index contributed by atoms with van der Waals surface area (Å²) < 4.78 is 10.1. The molecule has 24 heavy (non-hydrogen) atoms. The molecule has 0 saturated carbocycles. The van der Waals surface area contributed by atoms with Crippen molar-refractivity contribution in [1.29, 1.82) is 0 Å². The van der Waals surface area contributed by atoms with E-state index in [9.17, 15) is 19.7 Å². The van der Waals surface area contributed by atoms with Gasteiger partial charge in [0.2, 0.25) is 5.91 Å². The van der Waals surface area contributed by atoms with Gasteiger partial charge in [-0.2, -0.15) is 0 Å². The fourth-order valence-electron chi connectivity index (χ4n) is 2.67. The molecular weight excluding hydrogens is 318 g/mol. The van der Waals surface area contributed by atoms with E-state index in [4.69, 9.17) is 8.83 Å². The molecular formula is C15H15N3O6. The van der Waals surface area contributed by atoms with Crippen molar-refractivity contribution in [3.05, 3.63) is 52.2 Å². The van der Waals surface area contributed by atoms with Gasteiger partial charge in [-0.3, -0.25) is 19.7 Å². The zero-order valence-corrected chi connectivity index (χ0v) is 12.6. The third-order valence-electron chi connectivity index (χ3n) is 3.82. The van der Waals surface area contributed by atoms with Crippen LogP contribution in [0.25, 0.3) is 0 Å². The molecule has 9 heteroatoms. The van der Waals surface area contributed by atoms with Crippen LogP contribution < -0.4 is 5.32 Å². The Morgan fingerprint density at radius 2 is 2.21 bits per heavy atom. The lowest BCUT2D eigenvalue weighted by Gasteiger charge is -2.22. The standard InChI is InChI=1S/C15H15N3O6/c19-14(16-9-10-3-2-8-23-10)11-4-1-7-17(11)15(20)12-5-6-13(24-12)18(21)22/h2-3,5-6,8,11H,1,4,7,9H2,(H,16,19)/t11-/m1/s1. The Bertz CT molecular complexity index is 751. The number of hydrogen-bond acceptors (Lipinski definition) is 6. The van der Waals surface area contributed by atoms with E-state index in [1.165, 1.54) is 17.2 Å². The van der Waals surface area contributed by atoms with Crippen LogP contribution in [0.1, 0.15) is 29.2 Å². The minimum absolute atomic E-state index is 0.146. The maximum absolute atomic E-state index is 12.4. The van der Waals surface area contributed by atoms with Gasteiger partial charge in [0, 0.05) is 6.54 Å². The number of carbonyl (C=O) groups is 2. The Morgan fingerprint density at radius 3 is 2.88 bits per heavy atom.